The fourth-order valence-corrected chi connectivity index (χ4v) is 3.66. The minimum absolute atomic E-state index is 0.0779. The molecule has 0 aliphatic rings. The van der Waals surface area contributed by atoms with Crippen molar-refractivity contribution in [1.82, 2.24) is 24.0 Å². The Hall–Kier alpha value is -3.01. The van der Waals surface area contributed by atoms with Gasteiger partial charge in [0.25, 0.3) is 5.56 Å². The largest absolute Gasteiger partial charge is 0.486 e. The third-order valence-electron chi connectivity index (χ3n) is 4.80. The average Bonchev–Trinajstić information content (AvgIpc) is 3.05. The summed E-state index contributed by atoms with van der Waals surface area (Å²) in [7, 11) is 3.07. The first kappa shape index (κ1) is 21.7. The zero-order chi connectivity index (χ0) is 22.1. The van der Waals surface area contributed by atoms with E-state index in [9.17, 15) is 9.59 Å². The maximum atomic E-state index is 12.0. The standard InChI is InChI=1S/C20H26N6O3S/c1-20(2,3)13-6-8-15(9-7-13)29-11-16-22-23-18(26(16)21)30-12-14-10-17(27)25(5)19(28)24(14)4/h6-10H,11-12,21H2,1-5H3. The summed E-state index contributed by atoms with van der Waals surface area (Å²) in [6.45, 7) is 6.64. The molecule has 0 atom stereocenters. The Morgan fingerprint density at radius 2 is 1.73 bits per heavy atom. The molecule has 0 radical (unpaired) electrons. The summed E-state index contributed by atoms with van der Waals surface area (Å²) in [6, 6.07) is 9.35. The van der Waals surface area contributed by atoms with Crippen LogP contribution in [0.5, 0.6) is 5.75 Å². The third-order valence-corrected chi connectivity index (χ3v) is 5.77. The lowest BCUT2D eigenvalue weighted by Gasteiger charge is -2.19. The number of thioether (sulfide) groups is 1. The Morgan fingerprint density at radius 1 is 1.07 bits per heavy atom. The number of hydrogen-bond acceptors (Lipinski definition) is 7. The predicted molar refractivity (Wildman–Crippen MR) is 116 cm³/mol. The van der Waals surface area contributed by atoms with Crippen LogP contribution in [0.3, 0.4) is 0 Å². The first-order valence-electron chi connectivity index (χ1n) is 9.39. The first-order valence-corrected chi connectivity index (χ1v) is 10.4. The molecule has 160 valence electrons. The van der Waals surface area contributed by atoms with Crippen LogP contribution in [-0.2, 0) is 31.9 Å². The van der Waals surface area contributed by atoms with E-state index >= 15 is 0 Å². The SMILES string of the molecule is Cn1c(CSc2nnc(COc3ccc(C(C)(C)C)cc3)n2N)cc(=O)n(C)c1=O. The van der Waals surface area contributed by atoms with Crippen molar-refractivity contribution in [2.24, 2.45) is 14.1 Å². The number of aromatic nitrogens is 5. The molecule has 0 fully saturated rings. The number of rotatable bonds is 6. The Balaban J connectivity index is 1.65. The minimum Gasteiger partial charge on any atom is -0.486 e. The van der Waals surface area contributed by atoms with Crippen molar-refractivity contribution in [1.29, 1.82) is 0 Å². The van der Waals surface area contributed by atoms with Crippen LogP contribution in [0.4, 0.5) is 0 Å². The Morgan fingerprint density at radius 3 is 2.37 bits per heavy atom. The van der Waals surface area contributed by atoms with Crippen molar-refractivity contribution < 1.29 is 4.74 Å². The molecule has 2 N–H and O–H groups in total. The molecule has 0 amide bonds. The van der Waals surface area contributed by atoms with Crippen LogP contribution in [0.15, 0.2) is 45.1 Å². The summed E-state index contributed by atoms with van der Waals surface area (Å²) in [5.74, 6) is 7.63. The smallest absolute Gasteiger partial charge is 0.330 e. The predicted octanol–water partition coefficient (Wildman–Crippen LogP) is 1.56. The monoisotopic (exact) mass is 430 g/mol. The second-order valence-corrected chi connectivity index (χ2v) is 8.94. The second-order valence-electron chi connectivity index (χ2n) is 8.00. The molecule has 0 saturated carbocycles. The maximum Gasteiger partial charge on any atom is 0.330 e. The van der Waals surface area contributed by atoms with Gasteiger partial charge in [0.1, 0.15) is 12.4 Å². The zero-order valence-electron chi connectivity index (χ0n) is 17.7. The summed E-state index contributed by atoms with van der Waals surface area (Å²) < 4.78 is 9.62. The number of ether oxygens (including phenoxy) is 1. The lowest BCUT2D eigenvalue weighted by atomic mass is 9.87. The van der Waals surface area contributed by atoms with Gasteiger partial charge in [-0.15, -0.1) is 10.2 Å². The molecule has 2 heterocycles. The normalized spacial score (nSPS) is 11.6. The van der Waals surface area contributed by atoms with Crippen LogP contribution in [0, 0.1) is 0 Å². The number of nitrogen functional groups attached to an aromatic ring is 1. The molecule has 0 aliphatic carbocycles. The molecule has 0 unspecified atom stereocenters. The molecule has 30 heavy (non-hydrogen) atoms. The Kier molecular flexibility index (Phi) is 6.06. The Bertz CT molecular complexity index is 1160. The highest BCUT2D eigenvalue weighted by atomic mass is 32.2. The van der Waals surface area contributed by atoms with E-state index in [2.05, 4.69) is 31.0 Å². The molecule has 0 bridgehead atoms. The number of benzene rings is 1. The molecule has 1 aromatic carbocycles. The quantitative estimate of drug-likeness (QED) is 0.467. The van der Waals surface area contributed by atoms with Gasteiger partial charge in [-0.2, -0.15) is 0 Å². The molecule has 3 rings (SSSR count). The van der Waals surface area contributed by atoms with Gasteiger partial charge >= 0.3 is 5.69 Å². The van der Waals surface area contributed by atoms with Crippen LogP contribution in [0.25, 0.3) is 0 Å². The van der Waals surface area contributed by atoms with Crippen molar-refractivity contribution in [3.05, 3.63) is 68.3 Å². The summed E-state index contributed by atoms with van der Waals surface area (Å²) in [6.07, 6.45) is 0. The molecule has 9 nitrogen and oxygen atoms in total. The van der Waals surface area contributed by atoms with Gasteiger partial charge in [0.05, 0.1) is 0 Å². The summed E-state index contributed by atoms with van der Waals surface area (Å²) in [5, 5.41) is 8.62. The van der Waals surface area contributed by atoms with Crippen molar-refractivity contribution in [3.8, 4) is 5.75 Å². The van der Waals surface area contributed by atoms with Crippen molar-refractivity contribution in [2.45, 2.75) is 43.7 Å². The van der Waals surface area contributed by atoms with Gasteiger partial charge in [0, 0.05) is 31.6 Å². The van der Waals surface area contributed by atoms with Crippen LogP contribution in [-0.4, -0.2) is 24.0 Å². The number of nitrogens with two attached hydrogens (primary N) is 1. The Labute approximate surface area is 178 Å². The molecule has 0 saturated heterocycles. The lowest BCUT2D eigenvalue weighted by Crippen LogP contribution is -2.37. The molecule has 0 spiro atoms. The van der Waals surface area contributed by atoms with E-state index in [0.717, 1.165) is 10.3 Å². The van der Waals surface area contributed by atoms with Gasteiger partial charge in [-0.25, -0.2) is 9.47 Å². The van der Waals surface area contributed by atoms with Crippen molar-refractivity contribution in [2.75, 3.05) is 5.84 Å². The van der Waals surface area contributed by atoms with Crippen LogP contribution in [0.2, 0.25) is 0 Å². The third kappa shape index (κ3) is 4.59. The first-order chi connectivity index (χ1) is 14.1. The van der Waals surface area contributed by atoms with Gasteiger partial charge in [0.2, 0.25) is 5.16 Å². The van der Waals surface area contributed by atoms with E-state index in [-0.39, 0.29) is 23.3 Å². The van der Waals surface area contributed by atoms with Gasteiger partial charge < -0.3 is 10.6 Å². The fourth-order valence-electron chi connectivity index (χ4n) is 2.76. The fraction of sp³-hybridized carbons (Fsp3) is 0.400. The second kappa shape index (κ2) is 8.39. The van der Waals surface area contributed by atoms with Crippen molar-refractivity contribution in [3.63, 3.8) is 0 Å². The van der Waals surface area contributed by atoms with Crippen molar-refractivity contribution >= 4 is 11.8 Å². The summed E-state index contributed by atoms with van der Waals surface area (Å²) in [5.41, 5.74) is 1.15. The molecule has 0 aliphatic heterocycles. The molecule has 2 aromatic heterocycles. The van der Waals surface area contributed by atoms with Crippen LogP contribution >= 0.6 is 11.8 Å². The van der Waals surface area contributed by atoms with Gasteiger partial charge in [-0.3, -0.25) is 13.9 Å². The van der Waals surface area contributed by atoms with Crippen LogP contribution in [0.1, 0.15) is 37.9 Å². The summed E-state index contributed by atoms with van der Waals surface area (Å²) >= 11 is 1.29. The van der Waals surface area contributed by atoms with E-state index in [1.165, 1.54) is 39.7 Å². The zero-order valence-corrected chi connectivity index (χ0v) is 18.6. The maximum absolute atomic E-state index is 12.0. The number of nitrogens with zero attached hydrogens (tertiary/aromatic N) is 5. The average molecular weight is 431 g/mol. The summed E-state index contributed by atoms with van der Waals surface area (Å²) in [4.78, 5) is 23.9. The highest BCUT2D eigenvalue weighted by Crippen LogP contribution is 2.25. The highest BCUT2D eigenvalue weighted by molar-refractivity contribution is 7.98. The van der Waals surface area contributed by atoms with Gasteiger partial charge in [-0.05, 0) is 23.1 Å². The molecular formula is C20H26N6O3S. The van der Waals surface area contributed by atoms with E-state index in [1.807, 2.05) is 24.3 Å². The molecule has 3 aromatic rings. The van der Waals surface area contributed by atoms with Crippen LogP contribution < -0.4 is 21.8 Å². The van der Waals surface area contributed by atoms with E-state index in [4.69, 9.17) is 10.6 Å². The van der Waals surface area contributed by atoms with Gasteiger partial charge in [-0.1, -0.05) is 44.7 Å². The van der Waals surface area contributed by atoms with E-state index in [0.29, 0.717) is 22.4 Å². The van der Waals surface area contributed by atoms with E-state index in [1.54, 1.807) is 7.05 Å². The van der Waals surface area contributed by atoms with E-state index < -0.39 is 0 Å². The molecular weight excluding hydrogens is 404 g/mol. The van der Waals surface area contributed by atoms with Gasteiger partial charge in [0.15, 0.2) is 5.82 Å². The minimum atomic E-state index is -0.376. The number of hydrogen-bond donors (Lipinski definition) is 1. The lowest BCUT2D eigenvalue weighted by molar-refractivity contribution is 0.291. The topological polar surface area (TPSA) is 110 Å². The molecule has 10 heteroatoms. The highest BCUT2D eigenvalue weighted by Gasteiger charge is 2.15.